The van der Waals surface area contributed by atoms with Crippen LogP contribution in [0.25, 0.3) is 0 Å². The van der Waals surface area contributed by atoms with E-state index < -0.39 is 90.6 Å². The molecule has 0 aliphatic heterocycles. The molecule has 0 bridgehead atoms. The number of halogens is 14. The number of carbonyl (C=O) groups excluding carboxylic acids is 1. The van der Waals surface area contributed by atoms with E-state index >= 15 is 0 Å². The summed E-state index contributed by atoms with van der Waals surface area (Å²) in [7, 11) is 0. The number of alkyl halides is 12. The van der Waals surface area contributed by atoms with Crippen molar-refractivity contribution in [1.82, 2.24) is 0 Å². The van der Waals surface area contributed by atoms with Crippen molar-refractivity contribution in [2.45, 2.75) is 30.1 Å². The van der Waals surface area contributed by atoms with Crippen LogP contribution in [0.15, 0.2) is 34.8 Å². The normalized spacial score (nSPS) is 13.5. The van der Waals surface area contributed by atoms with Gasteiger partial charge in [-0.15, -0.1) is 0 Å². The van der Waals surface area contributed by atoms with Crippen molar-refractivity contribution >= 4 is 44.8 Å². The predicted octanol–water partition coefficient (Wildman–Crippen LogP) is 8.21. The Kier molecular flexibility index (Phi) is 7.84. The van der Waals surface area contributed by atoms with Gasteiger partial charge in [-0.2, -0.15) is 48.3 Å². The van der Waals surface area contributed by atoms with Crippen LogP contribution in [-0.4, -0.2) is 29.4 Å². The van der Waals surface area contributed by atoms with Gasteiger partial charge in [-0.25, -0.2) is 4.39 Å². The Bertz CT molecular complexity index is 1230. The molecule has 0 aliphatic rings. The van der Waals surface area contributed by atoms with E-state index in [1.54, 1.807) is 0 Å². The SMILES string of the molecule is O=C(Nc1c(Br)cc(C(F)(C(F)(F)F)C(F)(F)F)cc1C(F)(F)C(F)(F)F)c1cccc([N+](=O)[O-])c1Cl. The highest BCUT2D eigenvalue weighted by molar-refractivity contribution is 9.10. The molecule has 0 unspecified atom stereocenters. The second kappa shape index (κ2) is 9.52. The summed E-state index contributed by atoms with van der Waals surface area (Å²) in [5, 5.41) is 11.4. The molecule has 0 heterocycles. The fraction of sp³-hybridized carbons (Fsp3) is 0.278. The maximum absolute atomic E-state index is 14.4. The standard InChI is InChI=1S/C18H6BrClF12N2O3/c19-9-5-6(14(21,16(24,25)26)17(27,28)29)4-8(15(22,23)18(30,31)32)12(9)33-13(35)7-2-1-3-10(11(7)20)34(36)37/h1-5H,(H,33,35). The smallest absolute Gasteiger partial charge is 0.320 e. The molecule has 2 aromatic carbocycles. The summed E-state index contributed by atoms with van der Waals surface area (Å²) < 4.78 is 159. The number of anilines is 1. The quantitative estimate of drug-likeness (QED) is 0.203. The van der Waals surface area contributed by atoms with Crippen molar-refractivity contribution < 1.29 is 62.4 Å². The average Bonchev–Trinajstić information content (AvgIpc) is 2.71. The Balaban J connectivity index is 2.86. The molecule has 0 saturated heterocycles. The van der Waals surface area contributed by atoms with Crippen LogP contribution < -0.4 is 5.32 Å². The highest BCUT2D eigenvalue weighted by Crippen LogP contribution is 2.56. The van der Waals surface area contributed by atoms with Crippen molar-refractivity contribution in [2.24, 2.45) is 0 Å². The number of benzene rings is 2. The zero-order chi connectivity index (χ0) is 28.9. The minimum Gasteiger partial charge on any atom is -0.320 e. The summed E-state index contributed by atoms with van der Waals surface area (Å²) in [5.74, 6) is -7.99. The summed E-state index contributed by atoms with van der Waals surface area (Å²) in [5.41, 5.74) is -15.4. The second-order valence-corrected chi connectivity index (χ2v) is 8.19. The molecule has 2 aromatic rings. The lowest BCUT2D eigenvalue weighted by Crippen LogP contribution is -2.50. The molecule has 0 saturated carbocycles. The van der Waals surface area contributed by atoms with Gasteiger partial charge < -0.3 is 5.32 Å². The van der Waals surface area contributed by atoms with Crippen LogP contribution in [0.5, 0.6) is 0 Å². The van der Waals surface area contributed by atoms with E-state index in [0.717, 1.165) is 18.2 Å². The first-order chi connectivity index (χ1) is 16.5. The molecular formula is C18H6BrClF12N2O3. The number of nitrogens with zero attached hydrogens (tertiary/aromatic N) is 1. The summed E-state index contributed by atoms with van der Waals surface area (Å²) in [6, 6.07) is 0.870. The lowest BCUT2D eigenvalue weighted by atomic mass is 9.90. The monoisotopic (exact) mass is 640 g/mol. The molecule has 0 aliphatic carbocycles. The minimum atomic E-state index is -6.88. The zero-order valence-corrected chi connectivity index (χ0v) is 19.2. The van der Waals surface area contributed by atoms with Gasteiger partial charge in [0.15, 0.2) is 0 Å². The Labute approximate surface area is 209 Å². The molecule has 0 fully saturated rings. The Morgan fingerprint density at radius 2 is 1.41 bits per heavy atom. The molecule has 19 heteroatoms. The number of rotatable bonds is 5. The van der Waals surface area contributed by atoms with E-state index in [4.69, 9.17) is 11.6 Å². The Hall–Kier alpha value is -2.76. The van der Waals surface area contributed by atoms with E-state index in [1.807, 2.05) is 0 Å². The molecular weight excluding hydrogens is 636 g/mol. The maximum Gasteiger partial charge on any atom is 0.458 e. The number of hydrogen-bond acceptors (Lipinski definition) is 3. The number of nitro groups is 1. The van der Waals surface area contributed by atoms with Crippen LogP contribution in [0, 0.1) is 10.1 Å². The number of hydrogen-bond donors (Lipinski definition) is 1. The van der Waals surface area contributed by atoms with Crippen LogP contribution in [-0.2, 0) is 11.6 Å². The van der Waals surface area contributed by atoms with Crippen molar-refractivity contribution in [2.75, 3.05) is 5.32 Å². The third-order valence-corrected chi connectivity index (χ3v) is 5.64. The maximum atomic E-state index is 14.4. The molecule has 37 heavy (non-hydrogen) atoms. The minimum absolute atomic E-state index is 0.415. The van der Waals surface area contributed by atoms with Gasteiger partial charge in [0.25, 0.3) is 11.6 Å². The predicted molar refractivity (Wildman–Crippen MR) is 105 cm³/mol. The van der Waals surface area contributed by atoms with Gasteiger partial charge in [0.1, 0.15) is 5.02 Å². The van der Waals surface area contributed by atoms with E-state index in [1.165, 1.54) is 5.32 Å². The van der Waals surface area contributed by atoms with Crippen LogP contribution >= 0.6 is 27.5 Å². The first kappa shape index (κ1) is 30.5. The largest absolute Gasteiger partial charge is 0.458 e. The lowest BCUT2D eigenvalue weighted by molar-refractivity contribution is -0.384. The third-order valence-electron chi connectivity index (χ3n) is 4.62. The van der Waals surface area contributed by atoms with Crippen LogP contribution in [0.3, 0.4) is 0 Å². The second-order valence-electron chi connectivity index (χ2n) is 6.96. The van der Waals surface area contributed by atoms with Crippen molar-refractivity contribution in [3.8, 4) is 0 Å². The molecule has 0 aromatic heterocycles. The Morgan fingerprint density at radius 1 is 0.892 bits per heavy atom. The van der Waals surface area contributed by atoms with Crippen LogP contribution in [0.1, 0.15) is 21.5 Å². The number of nitrogens with one attached hydrogen (secondary N) is 1. The molecule has 1 amide bonds. The van der Waals surface area contributed by atoms with Crippen LogP contribution in [0.2, 0.25) is 5.02 Å². The van der Waals surface area contributed by atoms with E-state index in [2.05, 4.69) is 15.9 Å². The zero-order valence-electron chi connectivity index (χ0n) is 16.9. The fourth-order valence-corrected chi connectivity index (χ4v) is 3.68. The van der Waals surface area contributed by atoms with Gasteiger partial charge in [-0.05, 0) is 34.1 Å². The molecule has 0 spiro atoms. The van der Waals surface area contributed by atoms with E-state index in [-0.39, 0.29) is 0 Å². The first-order valence-corrected chi connectivity index (χ1v) is 10.0. The van der Waals surface area contributed by atoms with E-state index in [9.17, 15) is 67.6 Å². The number of amides is 1. The van der Waals surface area contributed by atoms with Crippen LogP contribution in [0.4, 0.5) is 64.1 Å². The topological polar surface area (TPSA) is 72.2 Å². The first-order valence-electron chi connectivity index (χ1n) is 8.84. The van der Waals surface area contributed by atoms with Gasteiger partial charge in [-0.3, -0.25) is 14.9 Å². The van der Waals surface area contributed by atoms with Gasteiger partial charge in [0.2, 0.25) is 0 Å². The molecule has 5 nitrogen and oxygen atoms in total. The molecule has 0 radical (unpaired) electrons. The van der Waals surface area contributed by atoms with E-state index in [0.29, 0.717) is 0 Å². The molecule has 204 valence electrons. The summed E-state index contributed by atoms with van der Waals surface area (Å²) >= 11 is 7.83. The Morgan fingerprint density at radius 3 is 1.84 bits per heavy atom. The van der Waals surface area contributed by atoms with Crippen molar-refractivity contribution in [1.29, 1.82) is 0 Å². The van der Waals surface area contributed by atoms with Gasteiger partial charge in [-0.1, -0.05) is 17.7 Å². The van der Waals surface area contributed by atoms with Crippen molar-refractivity contribution in [3.63, 3.8) is 0 Å². The lowest BCUT2D eigenvalue weighted by Gasteiger charge is -2.32. The number of nitro benzene ring substituents is 1. The molecule has 1 N–H and O–H groups in total. The van der Waals surface area contributed by atoms with Gasteiger partial charge in [0.05, 0.1) is 21.7 Å². The summed E-state index contributed by atoms with van der Waals surface area (Å²) in [4.78, 5) is 22.3. The average molecular weight is 642 g/mol. The molecule has 0 atom stereocenters. The highest BCUT2D eigenvalue weighted by Gasteiger charge is 2.74. The number of carbonyl (C=O) groups is 1. The van der Waals surface area contributed by atoms with Gasteiger partial charge >= 0.3 is 30.1 Å². The fourth-order valence-electron chi connectivity index (χ4n) is 2.84. The summed E-state index contributed by atoms with van der Waals surface area (Å²) in [6.45, 7) is 0. The highest BCUT2D eigenvalue weighted by atomic mass is 79.9. The van der Waals surface area contributed by atoms with Gasteiger partial charge in [0, 0.05) is 16.1 Å². The summed E-state index contributed by atoms with van der Waals surface area (Å²) in [6.07, 6.45) is -20.4. The third kappa shape index (κ3) is 5.30. The molecule has 2 rings (SSSR count). The van der Waals surface area contributed by atoms with Crippen molar-refractivity contribution in [3.05, 3.63) is 66.6 Å².